The van der Waals surface area contributed by atoms with Crippen LogP contribution in [0, 0.1) is 12.7 Å². The average Bonchev–Trinajstić information content (AvgIpc) is 3.41. The summed E-state index contributed by atoms with van der Waals surface area (Å²) < 4.78 is 20.5. The van der Waals surface area contributed by atoms with Gasteiger partial charge in [-0.1, -0.05) is 41.0 Å². The maximum absolute atomic E-state index is 14.8. The molecule has 0 aliphatic carbocycles. The van der Waals surface area contributed by atoms with Crippen molar-refractivity contribution in [3.8, 4) is 11.6 Å². The van der Waals surface area contributed by atoms with Gasteiger partial charge in [0, 0.05) is 48.8 Å². The van der Waals surface area contributed by atoms with Crippen molar-refractivity contribution < 1.29 is 9.13 Å². The Hall–Kier alpha value is -3.76. The zero-order valence-corrected chi connectivity index (χ0v) is 27.0. The van der Waals surface area contributed by atoms with Crippen molar-refractivity contribution >= 4 is 28.2 Å². The lowest BCUT2D eigenvalue weighted by molar-refractivity contribution is 0.271. The van der Waals surface area contributed by atoms with Gasteiger partial charge in [0.05, 0.1) is 11.9 Å². The minimum absolute atomic E-state index is 0.108. The number of H-pyrrole nitrogens is 1. The number of anilines is 3. The highest BCUT2D eigenvalue weighted by Gasteiger charge is 2.16. The van der Waals surface area contributed by atoms with Crippen LogP contribution in [-0.4, -0.2) is 82.6 Å². The second-order valence-electron chi connectivity index (χ2n) is 10.7. The molecule has 4 heterocycles. The first-order valence-electron chi connectivity index (χ1n) is 15.5. The number of benzene rings is 1. The van der Waals surface area contributed by atoms with Gasteiger partial charge in [0.25, 0.3) is 0 Å². The van der Waals surface area contributed by atoms with Crippen LogP contribution < -0.4 is 15.0 Å². The molecule has 1 aromatic carbocycles. The highest BCUT2D eigenvalue weighted by Crippen LogP contribution is 2.30. The summed E-state index contributed by atoms with van der Waals surface area (Å²) in [6.07, 6.45) is 5.76. The number of nitrogens with one attached hydrogen (secondary N) is 2. The average molecular weight is 593 g/mol. The summed E-state index contributed by atoms with van der Waals surface area (Å²) in [5, 5.41) is 3.64. The smallest absolute Gasteiger partial charge is 0.224 e. The molecular weight excluding hydrogens is 543 g/mol. The molecule has 2 N–H and O–H groups in total. The minimum Gasteiger partial charge on any atom is -0.436 e. The van der Waals surface area contributed by atoms with Gasteiger partial charge in [-0.2, -0.15) is 0 Å². The number of aromatic nitrogens is 4. The monoisotopic (exact) mass is 592 g/mol. The molecule has 0 spiro atoms. The first-order valence-corrected chi connectivity index (χ1v) is 15.5. The Balaban J connectivity index is 0.000000441. The van der Waals surface area contributed by atoms with Crippen molar-refractivity contribution in [2.45, 2.75) is 54.4 Å². The fraction of sp³-hybridized carbons (Fsp3) is 0.485. The van der Waals surface area contributed by atoms with Gasteiger partial charge < -0.3 is 29.7 Å². The molecule has 0 amide bonds. The van der Waals surface area contributed by atoms with E-state index in [-0.39, 0.29) is 11.6 Å². The van der Waals surface area contributed by atoms with Crippen LogP contribution in [0.15, 0.2) is 48.9 Å². The Morgan fingerprint density at radius 2 is 1.70 bits per heavy atom. The first-order chi connectivity index (χ1) is 20.8. The number of aryl methyl sites for hydroxylation is 1. The number of pyridine rings is 1. The number of nitrogens with zero attached hydrogens (tertiary/aromatic N) is 6. The van der Waals surface area contributed by atoms with E-state index < -0.39 is 5.82 Å². The number of hydrogen-bond donors (Lipinski definition) is 2. The van der Waals surface area contributed by atoms with Crippen LogP contribution in [0.1, 0.15) is 53.2 Å². The fourth-order valence-electron chi connectivity index (χ4n) is 4.58. The normalized spacial score (nSPS) is 13.3. The van der Waals surface area contributed by atoms with Gasteiger partial charge in [-0.15, -0.1) is 0 Å². The second-order valence-corrected chi connectivity index (χ2v) is 10.7. The Labute approximate surface area is 256 Å². The van der Waals surface area contributed by atoms with Crippen LogP contribution in [0.2, 0.25) is 0 Å². The third kappa shape index (κ3) is 10.2. The molecule has 5 rings (SSSR count). The largest absolute Gasteiger partial charge is 0.436 e. The van der Waals surface area contributed by atoms with Gasteiger partial charge in [0.15, 0.2) is 11.6 Å². The molecule has 0 radical (unpaired) electrons. The van der Waals surface area contributed by atoms with Crippen LogP contribution in [0.5, 0.6) is 11.6 Å². The summed E-state index contributed by atoms with van der Waals surface area (Å²) in [6.45, 7) is 20.3. The van der Waals surface area contributed by atoms with Crippen molar-refractivity contribution in [3.05, 3.63) is 60.4 Å². The van der Waals surface area contributed by atoms with Crippen LogP contribution in [0.4, 0.5) is 21.7 Å². The molecular formula is C33H49FN8O. The SMILES string of the molecule is CCC.CCCN(C)CC.CCN1CCN(c2ccc(Nc3cc(Oc4ccc5[nH]c(C)cc5c4F)ncn3)nc2)CC1. The van der Waals surface area contributed by atoms with Gasteiger partial charge in [-0.25, -0.2) is 19.3 Å². The Morgan fingerprint density at radius 1 is 0.953 bits per heavy atom. The first kappa shape index (κ1) is 33.7. The second kappa shape index (κ2) is 17.4. The summed E-state index contributed by atoms with van der Waals surface area (Å²) >= 11 is 0. The summed E-state index contributed by atoms with van der Waals surface area (Å²) in [7, 11) is 2.14. The van der Waals surface area contributed by atoms with E-state index in [0.29, 0.717) is 17.0 Å². The molecule has 1 saturated heterocycles. The van der Waals surface area contributed by atoms with E-state index >= 15 is 0 Å². The third-order valence-electron chi connectivity index (χ3n) is 7.03. The van der Waals surface area contributed by atoms with E-state index in [0.717, 1.165) is 49.6 Å². The lowest BCUT2D eigenvalue weighted by Crippen LogP contribution is -2.46. The minimum atomic E-state index is -0.429. The molecule has 0 bridgehead atoms. The van der Waals surface area contributed by atoms with E-state index in [1.165, 1.54) is 32.3 Å². The summed E-state index contributed by atoms with van der Waals surface area (Å²) in [6, 6.07) is 10.7. The Bertz CT molecular complexity index is 1370. The van der Waals surface area contributed by atoms with Crippen LogP contribution in [0.25, 0.3) is 10.9 Å². The molecule has 0 unspecified atom stereocenters. The standard InChI is InChI=1S/C24H26FN7O.C6H15N.C3H8/c1-3-31-8-10-32(11-9-31)17-4-7-21(26-14-17)30-22-13-23(28-15-27-22)33-20-6-5-19-18(24(20)25)12-16(2)29-19;1-4-6-7(3)5-2;1-3-2/h4-7,12-15,29H,3,8-11H2,1-2H3,(H,26,27,28,30);4-6H2,1-3H3;3H2,1-2H3. The molecule has 1 aliphatic rings. The molecule has 1 aliphatic heterocycles. The zero-order chi connectivity index (χ0) is 31.2. The van der Waals surface area contributed by atoms with Gasteiger partial charge in [-0.3, -0.25) is 0 Å². The zero-order valence-electron chi connectivity index (χ0n) is 27.0. The van der Waals surface area contributed by atoms with Gasteiger partial charge in [-0.05, 0) is 70.4 Å². The van der Waals surface area contributed by atoms with E-state index in [9.17, 15) is 4.39 Å². The number of ether oxygens (including phenoxy) is 1. The van der Waals surface area contributed by atoms with Crippen molar-refractivity contribution in [2.24, 2.45) is 0 Å². The number of likely N-dealkylation sites (N-methyl/N-ethyl adjacent to an activating group) is 1. The van der Waals surface area contributed by atoms with E-state index in [1.54, 1.807) is 24.3 Å². The molecule has 234 valence electrons. The molecule has 4 aromatic rings. The van der Waals surface area contributed by atoms with E-state index in [4.69, 9.17) is 4.74 Å². The highest BCUT2D eigenvalue weighted by molar-refractivity contribution is 5.82. The number of fused-ring (bicyclic) bond motifs is 1. The number of rotatable bonds is 9. The molecule has 43 heavy (non-hydrogen) atoms. The fourth-order valence-corrected chi connectivity index (χ4v) is 4.58. The number of hydrogen-bond acceptors (Lipinski definition) is 8. The van der Waals surface area contributed by atoms with Crippen molar-refractivity contribution in [3.63, 3.8) is 0 Å². The quantitative estimate of drug-likeness (QED) is 0.210. The number of halogens is 1. The van der Waals surface area contributed by atoms with Crippen molar-refractivity contribution in [2.75, 3.05) is 63.1 Å². The van der Waals surface area contributed by atoms with Crippen LogP contribution in [0.3, 0.4) is 0 Å². The maximum Gasteiger partial charge on any atom is 0.224 e. The highest BCUT2D eigenvalue weighted by atomic mass is 19.1. The lowest BCUT2D eigenvalue weighted by Gasteiger charge is -2.35. The molecule has 10 heteroatoms. The lowest BCUT2D eigenvalue weighted by atomic mass is 10.2. The summed E-state index contributed by atoms with van der Waals surface area (Å²) in [5.74, 6) is 1.09. The van der Waals surface area contributed by atoms with Crippen molar-refractivity contribution in [1.82, 2.24) is 29.7 Å². The van der Waals surface area contributed by atoms with Crippen LogP contribution >= 0.6 is 0 Å². The predicted octanol–water partition coefficient (Wildman–Crippen LogP) is 7.24. The van der Waals surface area contributed by atoms with E-state index in [2.05, 4.69) is 87.7 Å². The number of piperazine rings is 1. The van der Waals surface area contributed by atoms with Gasteiger partial charge in [0.2, 0.25) is 5.88 Å². The Morgan fingerprint density at radius 3 is 2.30 bits per heavy atom. The summed E-state index contributed by atoms with van der Waals surface area (Å²) in [4.78, 5) is 23.1. The maximum atomic E-state index is 14.8. The molecule has 3 aromatic heterocycles. The molecule has 1 fully saturated rings. The van der Waals surface area contributed by atoms with Gasteiger partial charge >= 0.3 is 0 Å². The Kier molecular flexibility index (Phi) is 13.6. The molecule has 0 saturated carbocycles. The predicted molar refractivity (Wildman–Crippen MR) is 176 cm³/mol. The third-order valence-corrected chi connectivity index (χ3v) is 7.03. The summed E-state index contributed by atoms with van der Waals surface area (Å²) in [5.41, 5.74) is 2.72. The topological polar surface area (TPSA) is 85.4 Å². The van der Waals surface area contributed by atoms with E-state index in [1.807, 2.05) is 19.2 Å². The van der Waals surface area contributed by atoms with Crippen LogP contribution in [-0.2, 0) is 0 Å². The van der Waals surface area contributed by atoms with Gasteiger partial charge in [0.1, 0.15) is 18.0 Å². The molecule has 9 nitrogen and oxygen atoms in total. The van der Waals surface area contributed by atoms with Crippen molar-refractivity contribution in [1.29, 1.82) is 0 Å². The number of aromatic amines is 1. The molecule has 0 atom stereocenters.